The van der Waals surface area contributed by atoms with Crippen molar-refractivity contribution in [1.82, 2.24) is 5.32 Å². The van der Waals surface area contributed by atoms with Gasteiger partial charge >= 0.3 is 0 Å². The van der Waals surface area contributed by atoms with Crippen molar-refractivity contribution in [2.75, 3.05) is 19.8 Å². The molecule has 2 nitrogen and oxygen atoms in total. The molecule has 1 fully saturated rings. The molecule has 1 atom stereocenters. The first-order valence-corrected chi connectivity index (χ1v) is 6.90. The van der Waals surface area contributed by atoms with Gasteiger partial charge in [-0.25, -0.2) is 8.78 Å². The van der Waals surface area contributed by atoms with Gasteiger partial charge in [-0.15, -0.1) is 0 Å². The molecule has 1 heterocycles. The summed E-state index contributed by atoms with van der Waals surface area (Å²) in [6.45, 7) is 4.07. The molecule has 1 aliphatic heterocycles. The van der Waals surface area contributed by atoms with Crippen molar-refractivity contribution in [3.05, 3.63) is 35.4 Å². The Bertz CT molecular complexity index is 386. The number of benzene rings is 1. The van der Waals surface area contributed by atoms with E-state index in [2.05, 4.69) is 5.32 Å². The van der Waals surface area contributed by atoms with E-state index in [0.717, 1.165) is 25.1 Å². The standard InChI is InChI=1S/C15H21F2NO/c1-2-7-15(16,17)13-5-3-12(4-6-13)10-14-11-19-9-8-18-14/h3-6,14,18H,2,7-11H2,1H3. The molecule has 1 aliphatic rings. The summed E-state index contributed by atoms with van der Waals surface area (Å²) in [5.41, 5.74) is 1.19. The lowest BCUT2D eigenvalue weighted by Gasteiger charge is -2.24. The van der Waals surface area contributed by atoms with Gasteiger partial charge in [0.15, 0.2) is 0 Å². The Morgan fingerprint density at radius 2 is 2.05 bits per heavy atom. The van der Waals surface area contributed by atoms with Gasteiger partial charge < -0.3 is 10.1 Å². The Kier molecular flexibility index (Phi) is 4.88. The van der Waals surface area contributed by atoms with Crippen LogP contribution in [0.25, 0.3) is 0 Å². The maximum Gasteiger partial charge on any atom is 0.273 e. The summed E-state index contributed by atoms with van der Waals surface area (Å²) < 4.78 is 32.8. The number of morpholine rings is 1. The normalized spacial score (nSPS) is 20.5. The summed E-state index contributed by atoms with van der Waals surface area (Å²) in [5.74, 6) is -2.71. The van der Waals surface area contributed by atoms with Gasteiger partial charge in [-0.3, -0.25) is 0 Å². The van der Waals surface area contributed by atoms with Crippen molar-refractivity contribution in [2.45, 2.75) is 38.2 Å². The van der Waals surface area contributed by atoms with Gasteiger partial charge in [0.25, 0.3) is 5.92 Å². The maximum absolute atomic E-state index is 13.7. The molecule has 0 bridgehead atoms. The van der Waals surface area contributed by atoms with E-state index in [0.29, 0.717) is 13.0 Å². The molecule has 0 aromatic heterocycles. The zero-order chi connectivity index (χ0) is 13.7. The van der Waals surface area contributed by atoms with Gasteiger partial charge in [0, 0.05) is 24.6 Å². The van der Waals surface area contributed by atoms with Crippen LogP contribution in [0.4, 0.5) is 8.78 Å². The van der Waals surface area contributed by atoms with Crippen molar-refractivity contribution in [1.29, 1.82) is 0 Å². The molecule has 106 valence electrons. The van der Waals surface area contributed by atoms with Gasteiger partial charge in [0.05, 0.1) is 13.2 Å². The zero-order valence-corrected chi connectivity index (χ0v) is 11.3. The van der Waals surface area contributed by atoms with E-state index >= 15 is 0 Å². The molecule has 2 rings (SSSR count). The molecule has 1 unspecified atom stereocenters. The van der Waals surface area contributed by atoms with Crippen LogP contribution in [0.5, 0.6) is 0 Å². The average molecular weight is 269 g/mol. The molecule has 1 aromatic rings. The van der Waals surface area contributed by atoms with Crippen LogP contribution in [0, 0.1) is 0 Å². The predicted octanol–water partition coefficient (Wildman–Crippen LogP) is 3.11. The highest BCUT2D eigenvalue weighted by Gasteiger charge is 2.29. The smallest absolute Gasteiger partial charge is 0.273 e. The fourth-order valence-electron chi connectivity index (χ4n) is 2.38. The number of alkyl halides is 2. The van der Waals surface area contributed by atoms with Crippen molar-refractivity contribution in [3.8, 4) is 0 Å². The van der Waals surface area contributed by atoms with Crippen LogP contribution in [-0.2, 0) is 17.1 Å². The molecule has 0 saturated carbocycles. The minimum Gasteiger partial charge on any atom is -0.379 e. The minimum absolute atomic E-state index is 0.0929. The molecule has 1 N–H and O–H groups in total. The van der Waals surface area contributed by atoms with Crippen LogP contribution in [0.1, 0.15) is 30.9 Å². The SMILES string of the molecule is CCCC(F)(F)c1ccc(CC2COCCN2)cc1. The number of nitrogens with one attached hydrogen (secondary N) is 1. The number of rotatable bonds is 5. The lowest BCUT2D eigenvalue weighted by atomic mass is 9.99. The Labute approximate surface area is 113 Å². The number of hydrogen-bond donors (Lipinski definition) is 1. The highest BCUT2D eigenvalue weighted by molar-refractivity contribution is 5.26. The third-order valence-electron chi connectivity index (χ3n) is 3.42. The first-order valence-electron chi connectivity index (χ1n) is 6.90. The van der Waals surface area contributed by atoms with Crippen molar-refractivity contribution in [2.24, 2.45) is 0 Å². The van der Waals surface area contributed by atoms with Crippen LogP contribution >= 0.6 is 0 Å². The van der Waals surface area contributed by atoms with E-state index in [1.165, 1.54) is 0 Å². The van der Waals surface area contributed by atoms with Gasteiger partial charge in [-0.1, -0.05) is 37.6 Å². The molecule has 1 aromatic carbocycles. The molecule has 1 saturated heterocycles. The topological polar surface area (TPSA) is 21.3 Å². The second-order valence-electron chi connectivity index (χ2n) is 5.08. The third kappa shape index (κ3) is 3.98. The zero-order valence-electron chi connectivity index (χ0n) is 11.3. The van der Waals surface area contributed by atoms with Crippen molar-refractivity contribution in [3.63, 3.8) is 0 Å². The second kappa shape index (κ2) is 6.44. The molecule has 0 amide bonds. The Morgan fingerprint density at radius 3 is 2.63 bits per heavy atom. The average Bonchev–Trinajstić information content (AvgIpc) is 2.40. The van der Waals surface area contributed by atoms with Crippen molar-refractivity contribution < 1.29 is 13.5 Å². The largest absolute Gasteiger partial charge is 0.379 e. The van der Waals surface area contributed by atoms with Gasteiger partial charge in [-0.05, 0) is 12.0 Å². The Balaban J connectivity index is 1.97. The van der Waals surface area contributed by atoms with Gasteiger partial charge in [-0.2, -0.15) is 0 Å². The van der Waals surface area contributed by atoms with E-state index in [4.69, 9.17) is 4.74 Å². The van der Waals surface area contributed by atoms with Gasteiger partial charge in [0.2, 0.25) is 0 Å². The number of halogens is 2. The predicted molar refractivity (Wildman–Crippen MR) is 71.6 cm³/mol. The highest BCUT2D eigenvalue weighted by atomic mass is 19.3. The second-order valence-corrected chi connectivity index (χ2v) is 5.08. The van der Waals surface area contributed by atoms with E-state index in [9.17, 15) is 8.78 Å². The van der Waals surface area contributed by atoms with Crippen LogP contribution in [0.2, 0.25) is 0 Å². The molecule has 0 spiro atoms. The first kappa shape index (κ1) is 14.4. The number of hydrogen-bond acceptors (Lipinski definition) is 2. The lowest BCUT2D eigenvalue weighted by Crippen LogP contribution is -2.42. The van der Waals surface area contributed by atoms with Crippen LogP contribution in [-0.4, -0.2) is 25.8 Å². The molecular weight excluding hydrogens is 248 g/mol. The van der Waals surface area contributed by atoms with Crippen molar-refractivity contribution >= 4 is 0 Å². The lowest BCUT2D eigenvalue weighted by molar-refractivity contribution is -0.0140. The van der Waals surface area contributed by atoms with Crippen LogP contribution in [0.3, 0.4) is 0 Å². The fraction of sp³-hybridized carbons (Fsp3) is 0.600. The summed E-state index contributed by atoms with van der Waals surface area (Å²) in [6, 6.07) is 6.99. The summed E-state index contributed by atoms with van der Waals surface area (Å²) in [7, 11) is 0. The maximum atomic E-state index is 13.7. The monoisotopic (exact) mass is 269 g/mol. The fourth-order valence-corrected chi connectivity index (χ4v) is 2.38. The minimum atomic E-state index is -2.71. The highest BCUT2D eigenvalue weighted by Crippen LogP contribution is 2.32. The molecular formula is C15H21F2NO. The van der Waals surface area contributed by atoms with Gasteiger partial charge in [0.1, 0.15) is 0 Å². The van der Waals surface area contributed by atoms with Crippen LogP contribution < -0.4 is 5.32 Å². The van der Waals surface area contributed by atoms with E-state index < -0.39 is 5.92 Å². The molecule has 4 heteroatoms. The Hall–Kier alpha value is -1.00. The summed E-state index contributed by atoms with van der Waals surface area (Å²) in [4.78, 5) is 0. The first-order chi connectivity index (χ1) is 9.12. The molecule has 0 radical (unpaired) electrons. The van der Waals surface area contributed by atoms with E-state index in [-0.39, 0.29) is 18.0 Å². The third-order valence-corrected chi connectivity index (χ3v) is 3.42. The van der Waals surface area contributed by atoms with E-state index in [1.807, 2.05) is 0 Å². The van der Waals surface area contributed by atoms with Crippen LogP contribution in [0.15, 0.2) is 24.3 Å². The summed E-state index contributed by atoms with van der Waals surface area (Å²) >= 11 is 0. The summed E-state index contributed by atoms with van der Waals surface area (Å²) in [6.07, 6.45) is 1.21. The van der Waals surface area contributed by atoms with E-state index in [1.54, 1.807) is 31.2 Å². The Morgan fingerprint density at radius 1 is 1.32 bits per heavy atom. The molecule has 19 heavy (non-hydrogen) atoms. The molecule has 0 aliphatic carbocycles. The number of ether oxygens (including phenoxy) is 1. The summed E-state index contributed by atoms with van der Waals surface area (Å²) in [5, 5.41) is 3.36. The quantitative estimate of drug-likeness (QED) is 0.887.